The zero-order valence-electron chi connectivity index (χ0n) is 16.0. The van der Waals surface area contributed by atoms with Gasteiger partial charge in [-0.2, -0.15) is 5.10 Å². The largest absolute Gasteiger partial charge is 0.356 e. The van der Waals surface area contributed by atoms with Gasteiger partial charge in [0.15, 0.2) is 5.96 Å². The van der Waals surface area contributed by atoms with Crippen LogP contribution in [0.15, 0.2) is 59.4 Å². The van der Waals surface area contributed by atoms with E-state index in [1.54, 1.807) is 5.57 Å². The number of nitrogens with one attached hydrogen (secondary N) is 2. The fourth-order valence-electron chi connectivity index (χ4n) is 3.30. The smallest absolute Gasteiger partial charge is 0.191 e. The predicted molar refractivity (Wildman–Crippen MR) is 123 cm³/mol. The number of hydrogen-bond acceptors (Lipinski definition) is 2. The molecule has 27 heavy (non-hydrogen) atoms. The van der Waals surface area contributed by atoms with Crippen molar-refractivity contribution in [3.8, 4) is 0 Å². The first-order valence-electron chi connectivity index (χ1n) is 9.51. The zero-order chi connectivity index (χ0) is 18.0. The summed E-state index contributed by atoms with van der Waals surface area (Å²) in [7, 11) is 1.82. The summed E-state index contributed by atoms with van der Waals surface area (Å²) in [5.41, 5.74) is 4.08. The minimum atomic E-state index is 0. The first kappa shape index (κ1) is 21.5. The fraction of sp³-hybridized carbons (Fsp3) is 0.429. The average molecular weight is 479 g/mol. The van der Waals surface area contributed by atoms with Crippen molar-refractivity contribution in [1.29, 1.82) is 0 Å². The highest BCUT2D eigenvalue weighted by atomic mass is 127. The van der Waals surface area contributed by atoms with Crippen LogP contribution in [0.1, 0.15) is 43.2 Å². The summed E-state index contributed by atoms with van der Waals surface area (Å²) in [4.78, 5) is 4.33. The maximum absolute atomic E-state index is 4.33. The van der Waals surface area contributed by atoms with Gasteiger partial charge in [0.05, 0.1) is 6.54 Å². The van der Waals surface area contributed by atoms with E-state index >= 15 is 0 Å². The minimum absolute atomic E-state index is 0. The van der Waals surface area contributed by atoms with E-state index in [2.05, 4.69) is 51.1 Å². The Kier molecular flexibility index (Phi) is 9.38. The summed E-state index contributed by atoms with van der Waals surface area (Å²) in [5, 5.41) is 11.1. The molecule has 0 atom stereocenters. The number of rotatable bonds is 7. The molecule has 0 spiro atoms. The van der Waals surface area contributed by atoms with Crippen molar-refractivity contribution in [3.05, 3.63) is 65.5 Å². The quantitative estimate of drug-likeness (QED) is 0.272. The molecule has 1 aromatic heterocycles. The number of nitrogens with zero attached hydrogens (tertiary/aromatic N) is 3. The number of benzene rings is 1. The van der Waals surface area contributed by atoms with Crippen molar-refractivity contribution in [1.82, 2.24) is 20.4 Å². The molecule has 6 heteroatoms. The van der Waals surface area contributed by atoms with Crippen LogP contribution in [0, 0.1) is 0 Å². The molecule has 0 bridgehead atoms. The molecule has 0 saturated carbocycles. The molecule has 1 heterocycles. The molecule has 2 aromatic rings. The topological polar surface area (TPSA) is 54.2 Å². The lowest BCUT2D eigenvalue weighted by atomic mass is 9.97. The molecule has 0 aliphatic heterocycles. The van der Waals surface area contributed by atoms with Crippen molar-refractivity contribution in [2.75, 3.05) is 13.6 Å². The Hall–Kier alpha value is -1.83. The van der Waals surface area contributed by atoms with Crippen molar-refractivity contribution in [2.24, 2.45) is 4.99 Å². The van der Waals surface area contributed by atoms with Crippen LogP contribution in [0.25, 0.3) is 0 Å². The molecular formula is C21H30IN5. The summed E-state index contributed by atoms with van der Waals surface area (Å²) in [6, 6.07) is 10.5. The van der Waals surface area contributed by atoms with Crippen LogP contribution in [0.4, 0.5) is 0 Å². The maximum Gasteiger partial charge on any atom is 0.191 e. The lowest BCUT2D eigenvalue weighted by Crippen LogP contribution is -2.37. The van der Waals surface area contributed by atoms with E-state index in [0.717, 1.165) is 32.0 Å². The third-order valence-corrected chi connectivity index (χ3v) is 4.70. The van der Waals surface area contributed by atoms with Gasteiger partial charge in [-0.25, -0.2) is 0 Å². The van der Waals surface area contributed by atoms with Crippen LogP contribution < -0.4 is 10.6 Å². The average Bonchev–Trinajstić information content (AvgIpc) is 3.18. The predicted octanol–water partition coefficient (Wildman–Crippen LogP) is 4.10. The van der Waals surface area contributed by atoms with E-state index in [-0.39, 0.29) is 24.0 Å². The third kappa shape index (κ3) is 7.36. The van der Waals surface area contributed by atoms with Crippen LogP contribution in [0.3, 0.4) is 0 Å². The van der Waals surface area contributed by atoms with Crippen LogP contribution >= 0.6 is 24.0 Å². The second-order valence-corrected chi connectivity index (χ2v) is 6.73. The van der Waals surface area contributed by atoms with Crippen molar-refractivity contribution in [3.63, 3.8) is 0 Å². The molecule has 1 aliphatic carbocycles. The van der Waals surface area contributed by atoms with Gasteiger partial charge >= 0.3 is 0 Å². The third-order valence-electron chi connectivity index (χ3n) is 4.70. The van der Waals surface area contributed by atoms with Gasteiger partial charge in [-0.1, -0.05) is 35.9 Å². The monoisotopic (exact) mass is 479 g/mol. The Labute approximate surface area is 179 Å². The van der Waals surface area contributed by atoms with Gasteiger partial charge in [-0.05, 0) is 49.3 Å². The number of hydrogen-bond donors (Lipinski definition) is 2. The van der Waals surface area contributed by atoms with E-state index in [0.29, 0.717) is 0 Å². The lowest BCUT2D eigenvalue weighted by molar-refractivity contribution is 0.665. The molecule has 0 saturated heterocycles. The molecule has 1 aromatic carbocycles. The highest BCUT2D eigenvalue weighted by Gasteiger charge is 2.04. The first-order valence-corrected chi connectivity index (χ1v) is 9.51. The highest BCUT2D eigenvalue weighted by molar-refractivity contribution is 14.0. The molecule has 2 N–H and O–H groups in total. The van der Waals surface area contributed by atoms with E-state index in [1.165, 1.54) is 36.8 Å². The molecule has 0 unspecified atom stereocenters. The van der Waals surface area contributed by atoms with E-state index < -0.39 is 0 Å². The normalized spacial score (nSPS) is 14.3. The first-order chi connectivity index (χ1) is 12.8. The van der Waals surface area contributed by atoms with Gasteiger partial charge < -0.3 is 10.6 Å². The summed E-state index contributed by atoms with van der Waals surface area (Å²) in [6.07, 6.45) is 12.5. The summed E-state index contributed by atoms with van der Waals surface area (Å²) in [5.74, 6) is 0.860. The molecule has 0 radical (unpaired) electrons. The molecule has 0 amide bonds. The Bertz CT molecular complexity index is 737. The Morgan fingerprint density at radius 2 is 2.07 bits per heavy atom. The molecule has 0 fully saturated rings. The summed E-state index contributed by atoms with van der Waals surface area (Å²) >= 11 is 0. The lowest BCUT2D eigenvalue weighted by Gasteiger charge is -2.15. The van der Waals surface area contributed by atoms with Gasteiger partial charge in [0.25, 0.3) is 0 Å². The standard InChI is InChI=1S/C21H29N5.HI/c1-22-21(23-13-11-18-7-3-2-4-8-18)24-16-19-9-5-10-20(15-19)17-26-14-6-12-25-26;/h5-7,9-10,12,14-15H,2-4,8,11,13,16-17H2,1H3,(H2,22,23,24);1H. The van der Waals surface area contributed by atoms with Crippen molar-refractivity contribution < 1.29 is 0 Å². The van der Waals surface area contributed by atoms with Crippen LogP contribution in [0.2, 0.25) is 0 Å². The van der Waals surface area contributed by atoms with E-state index in [4.69, 9.17) is 0 Å². The Morgan fingerprint density at radius 3 is 2.81 bits per heavy atom. The van der Waals surface area contributed by atoms with E-state index in [1.807, 2.05) is 30.2 Å². The van der Waals surface area contributed by atoms with Crippen molar-refractivity contribution in [2.45, 2.75) is 45.2 Å². The van der Waals surface area contributed by atoms with Crippen LogP contribution in [0.5, 0.6) is 0 Å². The van der Waals surface area contributed by atoms with Gasteiger partial charge in [-0.15, -0.1) is 24.0 Å². The van der Waals surface area contributed by atoms with Crippen LogP contribution in [-0.4, -0.2) is 29.3 Å². The van der Waals surface area contributed by atoms with E-state index in [9.17, 15) is 0 Å². The highest BCUT2D eigenvalue weighted by Crippen LogP contribution is 2.19. The SMILES string of the molecule is CN=C(NCCC1=CCCCC1)NCc1cccc(Cn2cccn2)c1.I. The minimum Gasteiger partial charge on any atom is -0.356 e. The van der Waals surface area contributed by atoms with Gasteiger partial charge in [-0.3, -0.25) is 9.67 Å². The number of aliphatic imine (C=N–C) groups is 1. The molecule has 3 rings (SSSR count). The summed E-state index contributed by atoms with van der Waals surface area (Å²) in [6.45, 7) is 2.49. The Balaban J connectivity index is 0.00000261. The fourth-order valence-corrected chi connectivity index (χ4v) is 3.30. The van der Waals surface area contributed by atoms with Gasteiger partial charge in [0.1, 0.15) is 0 Å². The second kappa shape index (κ2) is 11.8. The number of halogens is 1. The maximum atomic E-state index is 4.33. The number of allylic oxidation sites excluding steroid dienone is 1. The molecular weight excluding hydrogens is 449 g/mol. The van der Waals surface area contributed by atoms with Crippen LogP contribution in [-0.2, 0) is 13.1 Å². The van der Waals surface area contributed by atoms with Gasteiger partial charge in [0, 0.05) is 32.5 Å². The number of aromatic nitrogens is 2. The Morgan fingerprint density at radius 1 is 1.19 bits per heavy atom. The second-order valence-electron chi connectivity index (χ2n) is 6.73. The number of guanidine groups is 1. The zero-order valence-corrected chi connectivity index (χ0v) is 18.4. The molecule has 5 nitrogen and oxygen atoms in total. The summed E-state index contributed by atoms with van der Waals surface area (Å²) < 4.78 is 1.94. The molecule has 146 valence electrons. The van der Waals surface area contributed by atoms with Gasteiger partial charge in [0.2, 0.25) is 0 Å². The van der Waals surface area contributed by atoms with Crippen molar-refractivity contribution >= 4 is 29.9 Å². The molecule has 1 aliphatic rings.